The Bertz CT molecular complexity index is 212. The van der Waals surface area contributed by atoms with Crippen molar-refractivity contribution >= 4 is 27.3 Å². The molecule has 10 heavy (non-hydrogen) atoms. The Hall–Kier alpha value is -0.900. The van der Waals surface area contributed by atoms with Crippen LogP contribution in [-0.2, 0) is 0 Å². The summed E-state index contributed by atoms with van der Waals surface area (Å²) < 4.78 is 0.555. The Morgan fingerprint density at radius 3 is 2.20 bits per heavy atom. The second kappa shape index (κ2) is 2.38. The number of phenolic OH excluding ortho intramolecular Hbond substituents is 1. The molecule has 0 saturated heterocycles. The highest BCUT2D eigenvalue weighted by molar-refractivity contribution is 9.10. The van der Waals surface area contributed by atoms with Gasteiger partial charge in [-0.1, -0.05) is 0 Å². The standard InChI is InChI=1S/C6H7BrN2O/c7-3-1-4(8)5(9)2-6(3)10/h1-2,10H,8-9H2. The Morgan fingerprint density at radius 2 is 1.70 bits per heavy atom. The maximum Gasteiger partial charge on any atom is 0.131 e. The molecule has 0 radical (unpaired) electrons. The normalized spacial score (nSPS) is 9.70. The van der Waals surface area contributed by atoms with E-state index >= 15 is 0 Å². The van der Waals surface area contributed by atoms with Crippen molar-refractivity contribution in [3.05, 3.63) is 16.6 Å². The minimum Gasteiger partial charge on any atom is -0.507 e. The molecule has 0 saturated carbocycles. The SMILES string of the molecule is Nc1cc(O)c(Br)cc1N. The summed E-state index contributed by atoms with van der Waals surface area (Å²) in [6.07, 6.45) is 0. The molecule has 0 spiro atoms. The van der Waals surface area contributed by atoms with Gasteiger partial charge in [-0.15, -0.1) is 0 Å². The molecule has 0 atom stereocenters. The molecule has 0 aromatic heterocycles. The maximum absolute atomic E-state index is 9.04. The van der Waals surface area contributed by atoms with E-state index in [0.717, 1.165) is 0 Å². The van der Waals surface area contributed by atoms with E-state index in [1.807, 2.05) is 0 Å². The van der Waals surface area contributed by atoms with Gasteiger partial charge in [-0.25, -0.2) is 0 Å². The molecule has 0 aliphatic rings. The van der Waals surface area contributed by atoms with E-state index in [-0.39, 0.29) is 5.75 Å². The fourth-order valence-electron chi connectivity index (χ4n) is 0.593. The molecule has 0 amide bonds. The highest BCUT2D eigenvalue weighted by Crippen LogP contribution is 2.29. The van der Waals surface area contributed by atoms with Crippen molar-refractivity contribution in [2.75, 3.05) is 11.5 Å². The molecule has 0 aliphatic carbocycles. The molecule has 3 nitrogen and oxygen atoms in total. The second-order valence-corrected chi connectivity index (χ2v) is 2.79. The zero-order valence-electron chi connectivity index (χ0n) is 5.13. The van der Waals surface area contributed by atoms with Crippen molar-refractivity contribution in [2.24, 2.45) is 0 Å². The minimum absolute atomic E-state index is 0.103. The molecule has 1 aromatic carbocycles. The number of hydrogen-bond acceptors (Lipinski definition) is 3. The van der Waals surface area contributed by atoms with Gasteiger partial charge in [0.25, 0.3) is 0 Å². The number of hydrogen-bond donors (Lipinski definition) is 3. The van der Waals surface area contributed by atoms with Crippen LogP contribution in [0.5, 0.6) is 5.75 Å². The van der Waals surface area contributed by atoms with Crippen LogP contribution in [0.2, 0.25) is 0 Å². The molecule has 5 N–H and O–H groups in total. The Balaban J connectivity index is 3.28. The van der Waals surface area contributed by atoms with Crippen LogP contribution in [0.4, 0.5) is 11.4 Å². The zero-order chi connectivity index (χ0) is 7.72. The van der Waals surface area contributed by atoms with E-state index in [1.165, 1.54) is 6.07 Å². The number of nitrogens with two attached hydrogens (primary N) is 2. The van der Waals surface area contributed by atoms with Crippen molar-refractivity contribution in [3.8, 4) is 5.75 Å². The van der Waals surface area contributed by atoms with E-state index in [9.17, 15) is 0 Å². The first-order chi connectivity index (χ1) is 4.61. The topological polar surface area (TPSA) is 72.3 Å². The highest BCUT2D eigenvalue weighted by atomic mass is 79.9. The van der Waals surface area contributed by atoms with Crippen LogP contribution in [0.15, 0.2) is 16.6 Å². The van der Waals surface area contributed by atoms with Gasteiger partial charge >= 0.3 is 0 Å². The number of nitrogen functional groups attached to an aromatic ring is 2. The Morgan fingerprint density at radius 1 is 1.20 bits per heavy atom. The third-order valence-corrected chi connectivity index (χ3v) is 1.79. The van der Waals surface area contributed by atoms with E-state index in [2.05, 4.69) is 15.9 Å². The van der Waals surface area contributed by atoms with Gasteiger partial charge < -0.3 is 16.6 Å². The Kier molecular flexibility index (Phi) is 1.72. The first kappa shape index (κ1) is 7.21. The van der Waals surface area contributed by atoms with Crippen LogP contribution in [0.25, 0.3) is 0 Å². The lowest BCUT2D eigenvalue weighted by atomic mass is 10.2. The summed E-state index contributed by atoms with van der Waals surface area (Å²) in [5, 5.41) is 9.04. The van der Waals surface area contributed by atoms with Gasteiger partial charge in [-0.3, -0.25) is 0 Å². The first-order valence-corrected chi connectivity index (χ1v) is 3.44. The number of aromatic hydroxyl groups is 1. The lowest BCUT2D eigenvalue weighted by Crippen LogP contribution is -1.93. The predicted octanol–water partition coefficient (Wildman–Crippen LogP) is 1.32. The van der Waals surface area contributed by atoms with Gasteiger partial charge in [0.2, 0.25) is 0 Å². The molecule has 0 unspecified atom stereocenters. The monoisotopic (exact) mass is 202 g/mol. The van der Waals surface area contributed by atoms with E-state index in [4.69, 9.17) is 16.6 Å². The minimum atomic E-state index is 0.103. The summed E-state index contributed by atoms with van der Waals surface area (Å²) in [5.74, 6) is 0.103. The molecule has 54 valence electrons. The fraction of sp³-hybridized carbons (Fsp3) is 0. The first-order valence-electron chi connectivity index (χ1n) is 2.64. The Labute approximate surface area is 66.8 Å². The molecule has 0 bridgehead atoms. The number of benzene rings is 1. The molecule has 1 rings (SSSR count). The van der Waals surface area contributed by atoms with Crippen molar-refractivity contribution in [1.82, 2.24) is 0 Å². The van der Waals surface area contributed by atoms with Crippen LogP contribution in [0, 0.1) is 0 Å². The van der Waals surface area contributed by atoms with Crippen LogP contribution in [0.1, 0.15) is 0 Å². The molecular weight excluding hydrogens is 196 g/mol. The summed E-state index contributed by atoms with van der Waals surface area (Å²) in [4.78, 5) is 0. The molecule has 0 fully saturated rings. The molecule has 4 heteroatoms. The van der Waals surface area contributed by atoms with Crippen LogP contribution >= 0.6 is 15.9 Å². The van der Waals surface area contributed by atoms with Gasteiger partial charge in [-0.2, -0.15) is 0 Å². The second-order valence-electron chi connectivity index (χ2n) is 1.93. The van der Waals surface area contributed by atoms with E-state index in [0.29, 0.717) is 15.8 Å². The number of anilines is 2. The summed E-state index contributed by atoms with van der Waals surface area (Å²) in [5.41, 5.74) is 11.7. The summed E-state index contributed by atoms with van der Waals surface area (Å²) in [6, 6.07) is 2.96. The molecule has 1 aromatic rings. The van der Waals surface area contributed by atoms with Crippen LogP contribution in [0.3, 0.4) is 0 Å². The number of halogens is 1. The number of rotatable bonds is 0. The van der Waals surface area contributed by atoms with Gasteiger partial charge in [-0.05, 0) is 22.0 Å². The van der Waals surface area contributed by atoms with E-state index in [1.54, 1.807) is 6.07 Å². The van der Waals surface area contributed by atoms with Crippen molar-refractivity contribution < 1.29 is 5.11 Å². The van der Waals surface area contributed by atoms with Gasteiger partial charge in [0.1, 0.15) is 5.75 Å². The third kappa shape index (κ3) is 1.16. The maximum atomic E-state index is 9.04. The highest BCUT2D eigenvalue weighted by Gasteiger charge is 2.00. The van der Waals surface area contributed by atoms with Gasteiger partial charge in [0.15, 0.2) is 0 Å². The molecular formula is C6H7BrN2O. The summed E-state index contributed by atoms with van der Waals surface area (Å²) >= 11 is 3.09. The summed E-state index contributed by atoms with van der Waals surface area (Å²) in [7, 11) is 0. The lowest BCUT2D eigenvalue weighted by molar-refractivity contribution is 0.472. The lowest BCUT2D eigenvalue weighted by Gasteiger charge is -2.01. The zero-order valence-corrected chi connectivity index (χ0v) is 6.72. The quantitative estimate of drug-likeness (QED) is 0.439. The van der Waals surface area contributed by atoms with Crippen molar-refractivity contribution in [3.63, 3.8) is 0 Å². The fourth-order valence-corrected chi connectivity index (χ4v) is 0.954. The average molecular weight is 203 g/mol. The smallest absolute Gasteiger partial charge is 0.131 e. The number of phenols is 1. The van der Waals surface area contributed by atoms with E-state index < -0.39 is 0 Å². The predicted molar refractivity (Wildman–Crippen MR) is 44.6 cm³/mol. The molecule has 0 aliphatic heterocycles. The average Bonchev–Trinajstić information content (AvgIpc) is 1.84. The van der Waals surface area contributed by atoms with Crippen LogP contribution in [-0.4, -0.2) is 5.11 Å². The van der Waals surface area contributed by atoms with Crippen molar-refractivity contribution in [1.29, 1.82) is 0 Å². The summed E-state index contributed by atoms with van der Waals surface area (Å²) in [6.45, 7) is 0. The van der Waals surface area contributed by atoms with Gasteiger partial charge in [0, 0.05) is 6.07 Å². The van der Waals surface area contributed by atoms with Crippen molar-refractivity contribution in [2.45, 2.75) is 0 Å². The largest absolute Gasteiger partial charge is 0.507 e. The van der Waals surface area contributed by atoms with Gasteiger partial charge in [0.05, 0.1) is 15.8 Å². The van der Waals surface area contributed by atoms with Crippen LogP contribution < -0.4 is 11.5 Å². The molecule has 0 heterocycles. The third-order valence-electron chi connectivity index (χ3n) is 1.15.